The van der Waals surface area contributed by atoms with Crippen LogP contribution in [0.15, 0.2) is 79.0 Å². The van der Waals surface area contributed by atoms with E-state index in [1.807, 2.05) is 24.3 Å². The Labute approximate surface area is 211 Å². The first-order valence-corrected chi connectivity index (χ1v) is 11.6. The molecule has 2 atom stereocenters. The second-order valence-electron chi connectivity index (χ2n) is 8.74. The first-order valence-electron chi connectivity index (χ1n) is 11.6. The summed E-state index contributed by atoms with van der Waals surface area (Å²) in [5, 5.41) is 13.3. The van der Waals surface area contributed by atoms with Crippen molar-refractivity contribution in [3.05, 3.63) is 107 Å². The first-order chi connectivity index (χ1) is 17.7. The molecule has 0 spiro atoms. The number of H-pyrrole nitrogens is 1. The third kappa shape index (κ3) is 6.00. The van der Waals surface area contributed by atoms with E-state index in [0.29, 0.717) is 11.6 Å². The number of hydrogen-bond acceptors (Lipinski definition) is 3. The van der Waals surface area contributed by atoms with E-state index in [1.165, 1.54) is 7.05 Å². The third-order valence-corrected chi connectivity index (χ3v) is 6.19. The molecule has 3 aromatic carbocycles. The van der Waals surface area contributed by atoms with Crippen LogP contribution in [0.25, 0.3) is 10.9 Å². The van der Waals surface area contributed by atoms with Crippen LogP contribution >= 0.6 is 0 Å². The normalized spacial score (nSPS) is 12.6. The van der Waals surface area contributed by atoms with E-state index in [2.05, 4.69) is 10.3 Å². The van der Waals surface area contributed by atoms with Gasteiger partial charge >= 0.3 is 5.97 Å². The van der Waals surface area contributed by atoms with Crippen LogP contribution in [0.2, 0.25) is 0 Å². The van der Waals surface area contributed by atoms with Gasteiger partial charge in [-0.2, -0.15) is 0 Å². The molecule has 0 bridgehead atoms. The average Bonchev–Trinajstić information content (AvgIpc) is 3.28. The van der Waals surface area contributed by atoms with Crippen molar-refractivity contribution in [3.63, 3.8) is 0 Å². The van der Waals surface area contributed by atoms with E-state index < -0.39 is 41.5 Å². The maximum absolute atomic E-state index is 13.8. The summed E-state index contributed by atoms with van der Waals surface area (Å²) in [5.41, 5.74) is 2.00. The number of benzene rings is 3. The molecular formula is C28H25F2N3O4. The Bertz CT molecular complexity index is 1420. The van der Waals surface area contributed by atoms with Gasteiger partial charge in [0.1, 0.15) is 23.7 Å². The maximum atomic E-state index is 13.8. The zero-order chi connectivity index (χ0) is 26.5. The molecule has 0 fully saturated rings. The lowest BCUT2D eigenvalue weighted by molar-refractivity contribution is -0.142. The largest absolute Gasteiger partial charge is 0.480 e. The molecule has 2 amide bonds. The Balaban J connectivity index is 1.60. The quantitative estimate of drug-likeness (QED) is 0.321. The number of aliphatic carboxylic acids is 1. The number of para-hydroxylation sites is 1. The van der Waals surface area contributed by atoms with Crippen molar-refractivity contribution < 1.29 is 28.3 Å². The number of likely N-dealkylation sites (N-methyl/N-ethyl adjacent to an activating group) is 1. The fourth-order valence-corrected chi connectivity index (χ4v) is 4.25. The van der Waals surface area contributed by atoms with Crippen LogP contribution in [0, 0.1) is 11.6 Å². The van der Waals surface area contributed by atoms with Gasteiger partial charge < -0.3 is 20.3 Å². The van der Waals surface area contributed by atoms with Crippen LogP contribution in [0.4, 0.5) is 8.78 Å². The fourth-order valence-electron chi connectivity index (χ4n) is 4.25. The Hall–Kier alpha value is -4.53. The number of fused-ring (bicyclic) bond motifs is 1. The molecule has 4 rings (SSSR count). The maximum Gasteiger partial charge on any atom is 0.326 e. The van der Waals surface area contributed by atoms with E-state index >= 15 is 0 Å². The summed E-state index contributed by atoms with van der Waals surface area (Å²) < 4.78 is 27.5. The molecule has 0 unspecified atom stereocenters. The Morgan fingerprint density at radius 2 is 1.59 bits per heavy atom. The highest BCUT2D eigenvalue weighted by molar-refractivity contribution is 5.98. The Kier molecular flexibility index (Phi) is 7.62. The summed E-state index contributed by atoms with van der Waals surface area (Å²) >= 11 is 0. The molecule has 0 saturated heterocycles. The SMILES string of the molecule is CN(C(=O)c1cc(F)cc(F)c1)[C@H](Cc1ccccc1)C(=O)N[C@@H](Cc1c[nH]c2ccccc12)C(=O)O. The zero-order valence-electron chi connectivity index (χ0n) is 19.9. The highest BCUT2D eigenvalue weighted by Gasteiger charge is 2.32. The second-order valence-corrected chi connectivity index (χ2v) is 8.74. The minimum atomic E-state index is -1.28. The van der Waals surface area contributed by atoms with E-state index in [1.54, 1.807) is 36.5 Å². The van der Waals surface area contributed by atoms with Gasteiger partial charge in [-0.05, 0) is 29.3 Å². The molecule has 0 radical (unpaired) electrons. The van der Waals surface area contributed by atoms with Crippen LogP contribution in [0.5, 0.6) is 0 Å². The number of hydrogen-bond donors (Lipinski definition) is 3. The third-order valence-electron chi connectivity index (χ3n) is 6.19. The topological polar surface area (TPSA) is 103 Å². The number of amides is 2. The van der Waals surface area contributed by atoms with E-state index in [0.717, 1.165) is 33.5 Å². The van der Waals surface area contributed by atoms with Crippen LogP contribution in [0.1, 0.15) is 21.5 Å². The number of halogens is 2. The molecular weight excluding hydrogens is 480 g/mol. The van der Waals surface area contributed by atoms with Crippen LogP contribution in [-0.2, 0) is 22.4 Å². The van der Waals surface area contributed by atoms with Crippen molar-refractivity contribution in [2.24, 2.45) is 0 Å². The number of carboxylic acids is 1. The lowest BCUT2D eigenvalue weighted by atomic mass is 10.0. The van der Waals surface area contributed by atoms with Crippen molar-refractivity contribution in [1.29, 1.82) is 0 Å². The lowest BCUT2D eigenvalue weighted by Crippen LogP contribution is -2.53. The molecule has 0 aliphatic rings. The molecule has 190 valence electrons. The first kappa shape index (κ1) is 25.6. The molecule has 3 N–H and O–H groups in total. The Morgan fingerprint density at radius 3 is 2.27 bits per heavy atom. The highest BCUT2D eigenvalue weighted by atomic mass is 19.1. The fraction of sp³-hybridized carbons (Fsp3) is 0.179. The van der Waals surface area contributed by atoms with Gasteiger partial charge in [0.25, 0.3) is 5.91 Å². The molecule has 1 aromatic heterocycles. The van der Waals surface area contributed by atoms with Gasteiger partial charge in [-0.3, -0.25) is 9.59 Å². The molecule has 0 aliphatic heterocycles. The minimum Gasteiger partial charge on any atom is -0.480 e. The Morgan fingerprint density at radius 1 is 0.946 bits per heavy atom. The minimum absolute atomic E-state index is 0.00983. The second kappa shape index (κ2) is 11.0. The predicted octanol–water partition coefficient (Wildman–Crippen LogP) is 3.94. The number of aromatic nitrogens is 1. The summed E-state index contributed by atoms with van der Waals surface area (Å²) in [7, 11) is 1.34. The van der Waals surface area contributed by atoms with Gasteiger partial charge in [0, 0.05) is 48.6 Å². The molecule has 9 heteroatoms. The van der Waals surface area contributed by atoms with Gasteiger partial charge in [-0.25, -0.2) is 13.6 Å². The molecule has 0 aliphatic carbocycles. The number of carbonyl (C=O) groups excluding carboxylic acids is 2. The van der Waals surface area contributed by atoms with E-state index in [4.69, 9.17) is 0 Å². The van der Waals surface area contributed by atoms with Crippen LogP contribution < -0.4 is 5.32 Å². The summed E-state index contributed by atoms with van der Waals surface area (Å²) in [6.45, 7) is 0. The number of nitrogens with zero attached hydrogens (tertiary/aromatic N) is 1. The van der Waals surface area contributed by atoms with Crippen LogP contribution in [-0.4, -0.2) is 51.9 Å². The van der Waals surface area contributed by atoms with Crippen molar-refractivity contribution >= 4 is 28.7 Å². The van der Waals surface area contributed by atoms with Crippen molar-refractivity contribution in [2.45, 2.75) is 24.9 Å². The highest BCUT2D eigenvalue weighted by Crippen LogP contribution is 2.20. The van der Waals surface area contributed by atoms with Gasteiger partial charge in [-0.15, -0.1) is 0 Å². The van der Waals surface area contributed by atoms with Gasteiger partial charge in [-0.1, -0.05) is 48.5 Å². The standard InChI is InChI=1S/C28H25F2N3O4/c1-33(27(35)18-12-20(29)15-21(30)13-18)25(11-17-7-3-2-4-8-17)26(34)32-24(28(36)37)14-19-16-31-23-10-6-5-9-22(19)23/h2-10,12-13,15-16,24-25,31H,11,14H2,1H3,(H,32,34)(H,36,37)/t24-,25+/m0/s1. The number of carbonyl (C=O) groups is 3. The number of nitrogens with one attached hydrogen (secondary N) is 2. The average molecular weight is 506 g/mol. The zero-order valence-corrected chi connectivity index (χ0v) is 19.9. The monoisotopic (exact) mass is 505 g/mol. The lowest BCUT2D eigenvalue weighted by Gasteiger charge is -2.29. The van der Waals surface area contributed by atoms with Crippen molar-refractivity contribution in [1.82, 2.24) is 15.2 Å². The van der Waals surface area contributed by atoms with Gasteiger partial charge in [0.05, 0.1) is 0 Å². The molecule has 1 heterocycles. The van der Waals surface area contributed by atoms with Gasteiger partial charge in [0.2, 0.25) is 5.91 Å². The molecule has 4 aromatic rings. The summed E-state index contributed by atoms with van der Waals surface area (Å²) in [6.07, 6.45) is 1.77. The molecule has 37 heavy (non-hydrogen) atoms. The predicted molar refractivity (Wildman–Crippen MR) is 134 cm³/mol. The van der Waals surface area contributed by atoms with Crippen molar-refractivity contribution in [2.75, 3.05) is 7.05 Å². The van der Waals surface area contributed by atoms with Gasteiger partial charge in [0.15, 0.2) is 0 Å². The van der Waals surface area contributed by atoms with E-state index in [9.17, 15) is 28.3 Å². The van der Waals surface area contributed by atoms with Crippen LogP contribution in [0.3, 0.4) is 0 Å². The smallest absolute Gasteiger partial charge is 0.326 e. The van der Waals surface area contributed by atoms with Crippen molar-refractivity contribution in [3.8, 4) is 0 Å². The number of carboxylic acid groups (broad SMARTS) is 1. The number of rotatable bonds is 9. The molecule has 7 nitrogen and oxygen atoms in total. The number of aromatic amines is 1. The van der Waals surface area contributed by atoms with E-state index in [-0.39, 0.29) is 18.4 Å². The summed E-state index contributed by atoms with van der Waals surface area (Å²) in [5.74, 6) is -4.57. The summed E-state index contributed by atoms with van der Waals surface area (Å²) in [6, 6.07) is 16.3. The molecule has 0 saturated carbocycles. The summed E-state index contributed by atoms with van der Waals surface area (Å²) in [4.78, 5) is 42.8.